The molecule has 0 amide bonds. The monoisotopic (exact) mass is 251 g/mol. The normalized spacial score (nSPS) is 46.0. The fraction of sp³-hybridized carbons (Fsp3) is 1.00. The first-order valence-corrected chi connectivity index (χ1v) is 8.15. The summed E-state index contributed by atoms with van der Waals surface area (Å²) in [6.07, 6.45) is 10.3. The van der Waals surface area contributed by atoms with Crippen LogP contribution in [0.1, 0.15) is 58.8 Å². The van der Waals surface area contributed by atoms with Crippen LogP contribution in [0.5, 0.6) is 0 Å². The molecule has 3 aliphatic rings. The van der Waals surface area contributed by atoms with Gasteiger partial charge in [-0.15, -0.1) is 0 Å². The molecule has 2 heterocycles. The molecule has 1 saturated carbocycles. The zero-order valence-corrected chi connectivity index (χ0v) is 12.1. The van der Waals surface area contributed by atoms with E-state index in [9.17, 15) is 0 Å². The molecule has 0 aromatic rings. The lowest BCUT2D eigenvalue weighted by molar-refractivity contribution is -0.0526. The predicted octanol–water partition coefficient (Wildman–Crippen LogP) is 3.66. The summed E-state index contributed by atoms with van der Waals surface area (Å²) in [7, 11) is 0. The highest BCUT2D eigenvalue weighted by Gasteiger charge is 2.41. The minimum atomic E-state index is 0.569. The first-order chi connectivity index (χ1) is 8.79. The van der Waals surface area contributed by atoms with Crippen LogP contribution in [-0.2, 0) is 4.74 Å². The van der Waals surface area contributed by atoms with Crippen LogP contribution in [0.15, 0.2) is 0 Å². The van der Waals surface area contributed by atoms with Crippen LogP contribution in [-0.4, -0.2) is 30.3 Å². The molecule has 0 radical (unpaired) electrons. The van der Waals surface area contributed by atoms with Crippen LogP contribution >= 0.6 is 0 Å². The average molecular weight is 251 g/mol. The number of hydrogen-bond donors (Lipinski definition) is 0. The van der Waals surface area contributed by atoms with E-state index in [0.29, 0.717) is 6.10 Å². The smallest absolute Gasteiger partial charge is 0.0996 e. The standard InChI is InChI=1S/C16H29NO/c1-3-13-8-9-15-12(2)14-6-4-5-7-16(14)18-11-17(15)10-13/h12-16H,3-11H2,1-2H3/t12-,13-,14+,15-,16-/m1/s1. The summed E-state index contributed by atoms with van der Waals surface area (Å²) in [6.45, 7) is 7.03. The highest BCUT2D eigenvalue weighted by atomic mass is 16.5. The van der Waals surface area contributed by atoms with Crippen LogP contribution in [0, 0.1) is 17.8 Å². The number of hydrogen-bond acceptors (Lipinski definition) is 2. The molecule has 1 aliphatic carbocycles. The van der Waals surface area contributed by atoms with Crippen molar-refractivity contribution in [3.8, 4) is 0 Å². The number of nitrogens with zero attached hydrogens (tertiary/aromatic N) is 1. The zero-order chi connectivity index (χ0) is 12.5. The molecular formula is C16H29NO. The second-order valence-corrected chi connectivity index (χ2v) is 6.83. The second-order valence-electron chi connectivity index (χ2n) is 6.83. The van der Waals surface area contributed by atoms with Gasteiger partial charge in [0.05, 0.1) is 12.8 Å². The highest BCUT2D eigenvalue weighted by molar-refractivity contribution is 4.92. The Morgan fingerprint density at radius 1 is 1.11 bits per heavy atom. The van der Waals surface area contributed by atoms with Gasteiger partial charge in [0.25, 0.3) is 0 Å². The molecule has 2 aliphatic heterocycles. The molecule has 2 heteroatoms. The van der Waals surface area contributed by atoms with Gasteiger partial charge in [-0.1, -0.05) is 33.1 Å². The zero-order valence-electron chi connectivity index (χ0n) is 12.1. The van der Waals surface area contributed by atoms with Crippen molar-refractivity contribution in [3.05, 3.63) is 0 Å². The molecule has 104 valence electrons. The minimum absolute atomic E-state index is 0.569. The number of piperidine rings is 1. The van der Waals surface area contributed by atoms with Crippen LogP contribution in [0.3, 0.4) is 0 Å². The first kappa shape index (κ1) is 12.9. The van der Waals surface area contributed by atoms with Gasteiger partial charge in [-0.3, -0.25) is 4.90 Å². The van der Waals surface area contributed by atoms with Crippen molar-refractivity contribution in [3.63, 3.8) is 0 Å². The Labute approximate surface area is 112 Å². The van der Waals surface area contributed by atoms with E-state index < -0.39 is 0 Å². The summed E-state index contributed by atoms with van der Waals surface area (Å²) in [5.41, 5.74) is 0. The van der Waals surface area contributed by atoms with Crippen LogP contribution in [0.2, 0.25) is 0 Å². The van der Waals surface area contributed by atoms with Gasteiger partial charge in [0.1, 0.15) is 0 Å². The van der Waals surface area contributed by atoms with Crippen molar-refractivity contribution in [1.82, 2.24) is 4.90 Å². The van der Waals surface area contributed by atoms with E-state index in [1.54, 1.807) is 0 Å². The molecule has 5 atom stereocenters. The molecule has 2 nitrogen and oxygen atoms in total. The van der Waals surface area contributed by atoms with Crippen molar-refractivity contribution in [1.29, 1.82) is 0 Å². The van der Waals surface area contributed by atoms with Crippen LogP contribution in [0.25, 0.3) is 0 Å². The molecule has 18 heavy (non-hydrogen) atoms. The molecule has 2 saturated heterocycles. The summed E-state index contributed by atoms with van der Waals surface area (Å²) in [5.74, 6) is 2.60. The largest absolute Gasteiger partial charge is 0.363 e. The van der Waals surface area contributed by atoms with E-state index in [0.717, 1.165) is 30.5 Å². The topological polar surface area (TPSA) is 12.5 Å². The SMILES string of the molecule is CC[C@@H]1CC[C@@H]2[C@H](C)[C@@H]3CCCC[C@H]3OCN2C1. The molecule has 0 spiro atoms. The molecule has 0 N–H and O–H groups in total. The summed E-state index contributed by atoms with van der Waals surface area (Å²) >= 11 is 0. The van der Waals surface area contributed by atoms with Crippen molar-refractivity contribution in [2.45, 2.75) is 70.9 Å². The van der Waals surface area contributed by atoms with Crippen molar-refractivity contribution < 1.29 is 4.74 Å². The van der Waals surface area contributed by atoms with Gasteiger partial charge in [-0.25, -0.2) is 0 Å². The Bertz CT molecular complexity index is 280. The quantitative estimate of drug-likeness (QED) is 0.705. The fourth-order valence-corrected chi connectivity index (χ4v) is 4.64. The van der Waals surface area contributed by atoms with Gasteiger partial charge in [0, 0.05) is 12.6 Å². The Hall–Kier alpha value is -0.0800. The number of fused-ring (bicyclic) bond motifs is 2. The third-order valence-electron chi connectivity index (χ3n) is 5.90. The van der Waals surface area contributed by atoms with Gasteiger partial charge >= 0.3 is 0 Å². The van der Waals surface area contributed by atoms with E-state index in [1.165, 1.54) is 51.5 Å². The molecule has 0 aromatic carbocycles. The van der Waals surface area contributed by atoms with Gasteiger partial charge in [-0.05, 0) is 43.4 Å². The molecule has 0 unspecified atom stereocenters. The second kappa shape index (κ2) is 5.50. The van der Waals surface area contributed by atoms with Crippen LogP contribution < -0.4 is 0 Å². The van der Waals surface area contributed by atoms with Crippen molar-refractivity contribution in [2.24, 2.45) is 17.8 Å². The first-order valence-electron chi connectivity index (χ1n) is 8.15. The maximum Gasteiger partial charge on any atom is 0.0996 e. The highest BCUT2D eigenvalue weighted by Crippen LogP contribution is 2.41. The maximum absolute atomic E-state index is 6.27. The lowest BCUT2D eigenvalue weighted by atomic mass is 9.73. The number of rotatable bonds is 1. The van der Waals surface area contributed by atoms with E-state index in [4.69, 9.17) is 4.74 Å². The summed E-state index contributed by atoms with van der Waals surface area (Å²) in [5, 5.41) is 0. The van der Waals surface area contributed by atoms with E-state index >= 15 is 0 Å². The molecular weight excluding hydrogens is 222 g/mol. The molecule has 3 fully saturated rings. The Kier molecular flexibility index (Phi) is 3.95. The lowest BCUT2D eigenvalue weighted by Gasteiger charge is -2.42. The Balaban J connectivity index is 1.73. The third-order valence-corrected chi connectivity index (χ3v) is 5.90. The predicted molar refractivity (Wildman–Crippen MR) is 74.4 cm³/mol. The molecule has 0 bridgehead atoms. The summed E-state index contributed by atoms with van der Waals surface area (Å²) in [6, 6.07) is 0.806. The summed E-state index contributed by atoms with van der Waals surface area (Å²) in [4.78, 5) is 2.67. The Morgan fingerprint density at radius 3 is 2.78 bits per heavy atom. The van der Waals surface area contributed by atoms with Gasteiger partial charge in [0.15, 0.2) is 0 Å². The van der Waals surface area contributed by atoms with E-state index in [-0.39, 0.29) is 0 Å². The molecule has 0 aromatic heterocycles. The average Bonchev–Trinajstić information content (AvgIpc) is 2.57. The van der Waals surface area contributed by atoms with E-state index in [2.05, 4.69) is 18.7 Å². The van der Waals surface area contributed by atoms with Crippen molar-refractivity contribution in [2.75, 3.05) is 13.3 Å². The number of ether oxygens (including phenoxy) is 1. The minimum Gasteiger partial charge on any atom is -0.363 e. The van der Waals surface area contributed by atoms with Gasteiger partial charge < -0.3 is 4.74 Å². The van der Waals surface area contributed by atoms with Gasteiger partial charge in [0.2, 0.25) is 0 Å². The lowest BCUT2D eigenvalue weighted by Crippen LogP contribution is -2.47. The third kappa shape index (κ3) is 2.34. The fourth-order valence-electron chi connectivity index (χ4n) is 4.64. The maximum atomic E-state index is 6.27. The van der Waals surface area contributed by atoms with Crippen molar-refractivity contribution >= 4 is 0 Å². The molecule has 3 rings (SSSR count). The van der Waals surface area contributed by atoms with Gasteiger partial charge in [-0.2, -0.15) is 0 Å². The summed E-state index contributed by atoms with van der Waals surface area (Å²) < 4.78 is 6.27. The Morgan fingerprint density at radius 2 is 1.94 bits per heavy atom. The van der Waals surface area contributed by atoms with Crippen LogP contribution in [0.4, 0.5) is 0 Å². The van der Waals surface area contributed by atoms with E-state index in [1.807, 2.05) is 0 Å².